The summed E-state index contributed by atoms with van der Waals surface area (Å²) >= 11 is 0. The van der Waals surface area contributed by atoms with Crippen molar-refractivity contribution in [3.05, 3.63) is 83.2 Å². The Morgan fingerprint density at radius 3 is 2.49 bits per heavy atom. The Labute approximate surface area is 219 Å². The molecule has 1 aliphatic rings. The van der Waals surface area contributed by atoms with Crippen LogP contribution < -0.4 is 10.2 Å². The van der Waals surface area contributed by atoms with Gasteiger partial charge in [-0.05, 0) is 72.6 Å². The smallest absolute Gasteiger partial charge is 0.305 e. The minimum atomic E-state index is -0.880. The van der Waals surface area contributed by atoms with Crippen molar-refractivity contribution in [2.75, 3.05) is 11.4 Å². The summed E-state index contributed by atoms with van der Waals surface area (Å²) in [6.45, 7) is 8.95. The normalized spacial score (nSPS) is 14.9. The molecule has 6 nitrogen and oxygen atoms in total. The lowest BCUT2D eigenvalue weighted by atomic mass is 9.93. The van der Waals surface area contributed by atoms with E-state index in [2.05, 4.69) is 56.2 Å². The molecule has 37 heavy (non-hydrogen) atoms. The Hall–Kier alpha value is -3.51. The maximum Gasteiger partial charge on any atom is 0.305 e. The van der Waals surface area contributed by atoms with Crippen molar-refractivity contribution in [2.45, 2.75) is 65.5 Å². The maximum absolute atomic E-state index is 13.1. The van der Waals surface area contributed by atoms with Crippen LogP contribution in [0.15, 0.2) is 60.9 Å². The number of hydrogen-bond acceptors (Lipinski definition) is 4. The zero-order valence-corrected chi connectivity index (χ0v) is 22.2. The minimum Gasteiger partial charge on any atom is -0.481 e. The molecule has 4 rings (SSSR count). The second-order valence-corrected chi connectivity index (χ2v) is 10.5. The number of hydrogen-bond donors (Lipinski definition) is 2. The lowest BCUT2D eigenvalue weighted by Crippen LogP contribution is -2.49. The molecule has 194 valence electrons. The number of carboxylic acid groups (broad SMARTS) is 1. The van der Waals surface area contributed by atoms with Gasteiger partial charge in [0.05, 0.1) is 6.42 Å². The molecule has 0 fully saturated rings. The van der Waals surface area contributed by atoms with Gasteiger partial charge in [-0.25, -0.2) is 0 Å². The zero-order chi connectivity index (χ0) is 26.5. The van der Waals surface area contributed by atoms with Crippen molar-refractivity contribution in [1.29, 1.82) is 0 Å². The number of rotatable bonds is 10. The number of nitrogens with zero attached hydrogens (tertiary/aromatic N) is 2. The van der Waals surface area contributed by atoms with Crippen LogP contribution in [0, 0.1) is 19.8 Å². The molecule has 1 aromatic heterocycles. The van der Waals surface area contributed by atoms with Gasteiger partial charge in [-0.1, -0.05) is 50.2 Å². The largest absolute Gasteiger partial charge is 0.481 e. The summed E-state index contributed by atoms with van der Waals surface area (Å²) in [6, 6.07) is 15.8. The fourth-order valence-corrected chi connectivity index (χ4v) is 5.49. The Balaban J connectivity index is 1.63. The number of amides is 1. The van der Waals surface area contributed by atoms with Crippen molar-refractivity contribution >= 4 is 17.6 Å². The molecule has 1 amide bonds. The van der Waals surface area contributed by atoms with Gasteiger partial charge in [0.15, 0.2) is 0 Å². The van der Waals surface area contributed by atoms with E-state index in [1.807, 2.05) is 41.4 Å². The molecule has 2 N–H and O–H groups in total. The maximum atomic E-state index is 13.1. The molecule has 0 radical (unpaired) electrons. The monoisotopic (exact) mass is 499 g/mol. The first kappa shape index (κ1) is 26.6. The number of nitrogens with one attached hydrogen (secondary N) is 1. The third-order valence-corrected chi connectivity index (χ3v) is 7.15. The molecule has 1 aliphatic heterocycles. The number of para-hydroxylation sites is 1. The predicted molar refractivity (Wildman–Crippen MR) is 148 cm³/mol. The van der Waals surface area contributed by atoms with Crippen LogP contribution in [0.25, 0.3) is 11.1 Å². The predicted octanol–water partition coefficient (Wildman–Crippen LogP) is 5.86. The quantitative estimate of drug-likeness (QED) is 0.365. The van der Waals surface area contributed by atoms with Gasteiger partial charge >= 0.3 is 5.97 Å². The Morgan fingerprint density at radius 2 is 1.78 bits per heavy atom. The summed E-state index contributed by atoms with van der Waals surface area (Å²) in [5, 5.41) is 13.2. The number of anilines is 1. The summed E-state index contributed by atoms with van der Waals surface area (Å²) in [4.78, 5) is 31.4. The van der Waals surface area contributed by atoms with E-state index in [1.165, 1.54) is 5.56 Å². The van der Waals surface area contributed by atoms with Crippen molar-refractivity contribution in [2.24, 2.45) is 5.92 Å². The number of carbonyl (C=O) groups excluding carboxylic acids is 1. The molecule has 0 saturated heterocycles. The first-order chi connectivity index (χ1) is 17.7. The van der Waals surface area contributed by atoms with E-state index in [-0.39, 0.29) is 18.4 Å². The van der Waals surface area contributed by atoms with Crippen LogP contribution in [0.3, 0.4) is 0 Å². The fourth-order valence-electron chi connectivity index (χ4n) is 5.49. The summed E-state index contributed by atoms with van der Waals surface area (Å²) < 4.78 is 0. The summed E-state index contributed by atoms with van der Waals surface area (Å²) in [6.07, 6.45) is 5.57. The Morgan fingerprint density at radius 1 is 1.05 bits per heavy atom. The summed E-state index contributed by atoms with van der Waals surface area (Å²) in [5.41, 5.74) is 7.39. The minimum absolute atomic E-state index is 0.0726. The van der Waals surface area contributed by atoms with Crippen molar-refractivity contribution in [3.8, 4) is 11.1 Å². The number of pyridine rings is 1. The lowest BCUT2D eigenvalue weighted by Gasteiger charge is -2.38. The number of aromatic nitrogens is 1. The molecular weight excluding hydrogens is 462 g/mol. The van der Waals surface area contributed by atoms with Crippen LogP contribution in [-0.4, -0.2) is 34.6 Å². The molecule has 1 unspecified atom stereocenters. The molecule has 0 aliphatic carbocycles. The number of carboxylic acids is 1. The summed E-state index contributed by atoms with van der Waals surface area (Å²) in [5.74, 6) is -0.380. The molecule has 3 aromatic rings. The number of fused-ring (bicyclic) bond motifs is 1. The van der Waals surface area contributed by atoms with Crippen LogP contribution in [0.1, 0.15) is 61.4 Å². The van der Waals surface area contributed by atoms with E-state index in [1.54, 1.807) is 6.20 Å². The average Bonchev–Trinajstić information content (AvgIpc) is 2.85. The first-order valence-corrected chi connectivity index (χ1v) is 13.1. The molecule has 2 atom stereocenters. The number of benzene rings is 2. The molecule has 0 spiro atoms. The van der Waals surface area contributed by atoms with Crippen LogP contribution in [0.2, 0.25) is 0 Å². The van der Waals surface area contributed by atoms with E-state index < -0.39 is 12.0 Å². The molecule has 2 aromatic carbocycles. The van der Waals surface area contributed by atoms with Crippen LogP contribution in [0.4, 0.5) is 5.69 Å². The van der Waals surface area contributed by atoms with E-state index >= 15 is 0 Å². The zero-order valence-electron chi connectivity index (χ0n) is 22.2. The summed E-state index contributed by atoms with van der Waals surface area (Å²) in [7, 11) is 0. The second-order valence-electron chi connectivity index (χ2n) is 10.5. The van der Waals surface area contributed by atoms with Gasteiger partial charge in [0.25, 0.3) is 0 Å². The van der Waals surface area contributed by atoms with E-state index in [4.69, 9.17) is 0 Å². The SMILES string of the molecule is Cc1cccc(C)c1-c1cncc([C@H](CC(=O)O)NCC(CC(C)C)N2C(=O)CCc3ccccc32)c1. The van der Waals surface area contributed by atoms with Gasteiger partial charge < -0.3 is 15.3 Å². The van der Waals surface area contributed by atoms with E-state index in [0.29, 0.717) is 18.9 Å². The van der Waals surface area contributed by atoms with E-state index in [0.717, 1.165) is 46.3 Å². The standard InChI is InChI=1S/C31H37N3O3/c1-20(2)14-26(34-28-11-6-5-10-23(28)12-13-29(34)35)19-33-27(16-30(36)37)24-15-25(18-32-17-24)31-21(3)8-7-9-22(31)4/h5-11,15,17-18,20,26-27,33H,12-14,16,19H2,1-4H3,(H,36,37)/t26?,27-/m0/s1. The third kappa shape index (κ3) is 6.25. The van der Waals surface area contributed by atoms with Crippen LogP contribution in [-0.2, 0) is 16.0 Å². The topological polar surface area (TPSA) is 82.5 Å². The molecular formula is C31H37N3O3. The van der Waals surface area contributed by atoms with Crippen molar-refractivity contribution in [3.63, 3.8) is 0 Å². The molecule has 2 heterocycles. The highest BCUT2D eigenvalue weighted by Gasteiger charge is 2.31. The van der Waals surface area contributed by atoms with Crippen LogP contribution >= 0.6 is 0 Å². The fraction of sp³-hybridized carbons (Fsp3) is 0.387. The van der Waals surface area contributed by atoms with Gasteiger partial charge in [0.1, 0.15) is 0 Å². The average molecular weight is 500 g/mol. The molecule has 0 saturated carbocycles. The highest BCUT2D eigenvalue weighted by atomic mass is 16.4. The van der Waals surface area contributed by atoms with Crippen molar-refractivity contribution in [1.82, 2.24) is 10.3 Å². The van der Waals surface area contributed by atoms with E-state index in [9.17, 15) is 14.7 Å². The Kier molecular flexibility index (Phi) is 8.39. The Bertz CT molecular complexity index is 1250. The van der Waals surface area contributed by atoms with Gasteiger partial charge in [-0.2, -0.15) is 0 Å². The lowest BCUT2D eigenvalue weighted by molar-refractivity contribution is -0.137. The van der Waals surface area contributed by atoms with Crippen LogP contribution in [0.5, 0.6) is 0 Å². The highest BCUT2D eigenvalue weighted by molar-refractivity contribution is 5.97. The highest BCUT2D eigenvalue weighted by Crippen LogP contribution is 2.32. The van der Waals surface area contributed by atoms with Gasteiger partial charge in [0.2, 0.25) is 5.91 Å². The third-order valence-electron chi connectivity index (χ3n) is 7.15. The first-order valence-electron chi connectivity index (χ1n) is 13.1. The van der Waals surface area contributed by atoms with Crippen molar-refractivity contribution < 1.29 is 14.7 Å². The number of aliphatic carboxylic acids is 1. The van der Waals surface area contributed by atoms with Gasteiger partial charge in [-0.15, -0.1) is 0 Å². The second kappa shape index (κ2) is 11.7. The molecule has 6 heteroatoms. The van der Waals surface area contributed by atoms with Gasteiger partial charge in [-0.3, -0.25) is 14.6 Å². The number of carbonyl (C=O) groups is 2. The number of aryl methyl sites for hydroxylation is 3. The molecule has 0 bridgehead atoms. The van der Waals surface area contributed by atoms with Gasteiger partial charge in [0, 0.05) is 48.7 Å².